The molecule has 0 radical (unpaired) electrons. The van der Waals surface area contributed by atoms with Crippen LogP contribution < -0.4 is 10.2 Å². The van der Waals surface area contributed by atoms with Gasteiger partial charge in [-0.2, -0.15) is 0 Å². The van der Waals surface area contributed by atoms with E-state index < -0.39 is 30.3 Å². The number of halogens is 1. The molecule has 0 spiro atoms. The van der Waals surface area contributed by atoms with Crippen LogP contribution in [0.3, 0.4) is 0 Å². The second-order valence-corrected chi connectivity index (χ2v) is 11.2. The van der Waals surface area contributed by atoms with Crippen molar-refractivity contribution in [1.29, 1.82) is 0 Å². The molecule has 1 fully saturated rings. The predicted molar refractivity (Wildman–Crippen MR) is 158 cm³/mol. The lowest BCUT2D eigenvalue weighted by Gasteiger charge is -2.45. The third kappa shape index (κ3) is 3.88. The Morgan fingerprint density at radius 1 is 0.762 bits per heavy atom. The number of benzene rings is 4. The second kappa shape index (κ2) is 9.96. The Morgan fingerprint density at radius 3 is 1.86 bits per heavy atom. The molecule has 1 heterocycles. The number of hydrogen-bond donors (Lipinski definition) is 1. The number of rotatable bonds is 5. The molecule has 2 bridgehead atoms. The molecule has 2 atom stereocenters. The molecule has 4 aromatic carbocycles. The maximum absolute atomic E-state index is 14.1. The topological polar surface area (TPSA) is 92.8 Å². The van der Waals surface area contributed by atoms with E-state index in [1.165, 1.54) is 6.07 Å². The van der Waals surface area contributed by atoms with Crippen LogP contribution in [0.15, 0.2) is 91.0 Å². The zero-order chi connectivity index (χ0) is 29.1. The van der Waals surface area contributed by atoms with Crippen LogP contribution in [-0.4, -0.2) is 30.3 Å². The molecule has 1 saturated heterocycles. The molecular formula is C34H25ClN2O5. The van der Waals surface area contributed by atoms with Gasteiger partial charge in [0, 0.05) is 22.5 Å². The summed E-state index contributed by atoms with van der Waals surface area (Å²) >= 11 is 6.13. The van der Waals surface area contributed by atoms with Crippen LogP contribution in [-0.2, 0) is 19.1 Å². The first kappa shape index (κ1) is 26.2. The van der Waals surface area contributed by atoms with E-state index in [0.29, 0.717) is 16.3 Å². The van der Waals surface area contributed by atoms with Crippen LogP contribution >= 0.6 is 11.6 Å². The predicted octanol–water partition coefficient (Wildman–Crippen LogP) is 5.84. The molecule has 42 heavy (non-hydrogen) atoms. The highest BCUT2D eigenvalue weighted by molar-refractivity contribution is 6.31. The van der Waals surface area contributed by atoms with Crippen molar-refractivity contribution in [2.24, 2.45) is 11.8 Å². The third-order valence-corrected chi connectivity index (χ3v) is 9.10. The molecule has 4 aliphatic rings. The van der Waals surface area contributed by atoms with Gasteiger partial charge in [0.2, 0.25) is 11.8 Å². The van der Waals surface area contributed by atoms with E-state index in [-0.39, 0.29) is 34.9 Å². The molecular weight excluding hydrogens is 552 g/mol. The average Bonchev–Trinajstić information content (AvgIpc) is 3.28. The van der Waals surface area contributed by atoms with Crippen molar-refractivity contribution < 1.29 is 23.9 Å². The van der Waals surface area contributed by atoms with Gasteiger partial charge in [0.15, 0.2) is 6.61 Å². The minimum atomic E-state index is -0.811. The molecule has 0 saturated carbocycles. The van der Waals surface area contributed by atoms with Crippen molar-refractivity contribution in [3.05, 3.63) is 129 Å². The summed E-state index contributed by atoms with van der Waals surface area (Å²) in [5, 5.41) is 3.19. The van der Waals surface area contributed by atoms with Gasteiger partial charge in [-0.3, -0.25) is 14.4 Å². The van der Waals surface area contributed by atoms with Crippen molar-refractivity contribution >= 4 is 46.7 Å². The summed E-state index contributed by atoms with van der Waals surface area (Å²) in [7, 11) is 0. The normalized spacial score (nSPS) is 21.4. The first-order chi connectivity index (χ1) is 20.4. The Morgan fingerprint density at radius 2 is 1.29 bits per heavy atom. The number of imide groups is 1. The number of hydrogen-bond acceptors (Lipinski definition) is 5. The number of carbonyl (C=O) groups excluding carboxylic acids is 4. The zero-order valence-corrected chi connectivity index (χ0v) is 23.3. The highest BCUT2D eigenvalue weighted by atomic mass is 35.5. The van der Waals surface area contributed by atoms with E-state index >= 15 is 0 Å². The number of amides is 3. The van der Waals surface area contributed by atoms with E-state index in [4.69, 9.17) is 16.3 Å². The van der Waals surface area contributed by atoms with E-state index in [0.717, 1.165) is 27.2 Å². The lowest BCUT2D eigenvalue weighted by atomic mass is 9.55. The molecule has 0 aromatic heterocycles. The third-order valence-electron chi connectivity index (χ3n) is 8.69. The lowest BCUT2D eigenvalue weighted by Crippen LogP contribution is -2.41. The quantitative estimate of drug-likeness (QED) is 0.238. The molecule has 8 heteroatoms. The zero-order valence-electron chi connectivity index (χ0n) is 22.5. The molecule has 4 aromatic rings. The minimum absolute atomic E-state index is 0.0342. The van der Waals surface area contributed by atoms with Crippen molar-refractivity contribution in [3.8, 4) is 0 Å². The van der Waals surface area contributed by atoms with Gasteiger partial charge >= 0.3 is 5.97 Å². The Bertz CT molecular complexity index is 1700. The molecule has 7 nitrogen and oxygen atoms in total. The Hall–Kier alpha value is -4.75. The maximum Gasteiger partial charge on any atom is 0.340 e. The number of carbonyl (C=O) groups is 4. The number of nitrogens with zero attached hydrogens (tertiary/aromatic N) is 1. The van der Waals surface area contributed by atoms with E-state index in [2.05, 4.69) is 5.32 Å². The van der Waals surface area contributed by atoms with Crippen molar-refractivity contribution in [2.45, 2.75) is 18.8 Å². The summed E-state index contributed by atoms with van der Waals surface area (Å²) in [6.45, 7) is 1.21. The Balaban J connectivity index is 1.17. The number of anilines is 2. The van der Waals surface area contributed by atoms with Gasteiger partial charge in [-0.25, -0.2) is 9.69 Å². The molecule has 208 valence electrons. The SMILES string of the molecule is Cc1c(Cl)cccc1NC(=O)COC(=O)c1ccccc1N1C(=O)[C@@H]2C3c4ccccc4C(c4ccccc43)[C@@H]2C1=O. The van der Waals surface area contributed by atoms with Crippen LogP contribution in [0.2, 0.25) is 5.02 Å². The van der Waals surface area contributed by atoms with Crippen LogP contribution in [0, 0.1) is 18.8 Å². The van der Waals surface area contributed by atoms with Crippen molar-refractivity contribution in [2.75, 3.05) is 16.8 Å². The van der Waals surface area contributed by atoms with E-state index in [9.17, 15) is 19.2 Å². The van der Waals surface area contributed by atoms with Crippen LogP contribution in [0.25, 0.3) is 0 Å². The highest BCUT2D eigenvalue weighted by Gasteiger charge is 2.62. The van der Waals surface area contributed by atoms with E-state index in [1.54, 1.807) is 43.3 Å². The van der Waals surface area contributed by atoms with Crippen LogP contribution in [0.5, 0.6) is 0 Å². The number of ether oxygens (including phenoxy) is 1. The summed E-state index contributed by atoms with van der Waals surface area (Å²) in [6, 6.07) is 27.5. The fraction of sp³-hybridized carbons (Fsp3) is 0.176. The maximum atomic E-state index is 14.1. The molecule has 8 rings (SSSR count). The smallest absolute Gasteiger partial charge is 0.340 e. The Labute approximate surface area is 247 Å². The van der Waals surface area contributed by atoms with Gasteiger partial charge < -0.3 is 10.1 Å². The van der Waals surface area contributed by atoms with Gasteiger partial charge in [0.1, 0.15) is 0 Å². The Kier molecular flexibility index (Phi) is 6.21. The monoisotopic (exact) mass is 576 g/mol. The molecule has 3 amide bonds. The second-order valence-electron chi connectivity index (χ2n) is 10.8. The molecule has 0 unspecified atom stereocenters. The van der Waals surface area contributed by atoms with Crippen LogP contribution in [0.1, 0.15) is 50.0 Å². The molecule has 1 aliphatic heterocycles. The van der Waals surface area contributed by atoms with Crippen molar-refractivity contribution in [1.82, 2.24) is 0 Å². The minimum Gasteiger partial charge on any atom is -0.452 e. The lowest BCUT2D eigenvalue weighted by molar-refractivity contribution is -0.122. The van der Waals surface area contributed by atoms with Gasteiger partial charge in [-0.05, 0) is 59.0 Å². The summed E-state index contributed by atoms with van der Waals surface area (Å²) in [5.41, 5.74) is 5.67. The summed E-state index contributed by atoms with van der Waals surface area (Å²) in [5.74, 6) is -3.70. The first-order valence-electron chi connectivity index (χ1n) is 13.7. The first-order valence-corrected chi connectivity index (χ1v) is 14.1. The molecule has 1 N–H and O–H groups in total. The number of nitrogens with one attached hydrogen (secondary N) is 1. The van der Waals surface area contributed by atoms with Crippen LogP contribution in [0.4, 0.5) is 11.4 Å². The number of esters is 1. The average molecular weight is 577 g/mol. The summed E-state index contributed by atoms with van der Waals surface area (Å²) < 4.78 is 5.34. The standard InChI is InChI=1S/C34H25ClN2O5/c1-18-24(35)14-8-15-25(18)36-27(38)17-42-34(41)23-13-6-7-16-26(23)37-32(39)30-28-19-9-2-3-10-20(19)29(31(30)33(37)40)22-12-5-4-11-21(22)28/h2-16,28-31H,17H2,1H3,(H,36,38)/t28?,29?,30-,31+. The van der Waals surface area contributed by atoms with Gasteiger partial charge in [0.25, 0.3) is 5.91 Å². The summed E-state index contributed by atoms with van der Waals surface area (Å²) in [4.78, 5) is 55.3. The van der Waals surface area contributed by atoms with Gasteiger partial charge in [-0.15, -0.1) is 0 Å². The van der Waals surface area contributed by atoms with Gasteiger partial charge in [-0.1, -0.05) is 78.3 Å². The largest absolute Gasteiger partial charge is 0.452 e. The summed E-state index contributed by atoms with van der Waals surface area (Å²) in [6.07, 6.45) is 0. The van der Waals surface area contributed by atoms with Gasteiger partial charge in [0.05, 0.1) is 23.1 Å². The van der Waals surface area contributed by atoms with E-state index in [1.807, 2.05) is 48.5 Å². The number of para-hydroxylation sites is 1. The molecule has 3 aliphatic carbocycles. The fourth-order valence-electron chi connectivity index (χ4n) is 6.89. The highest BCUT2D eigenvalue weighted by Crippen LogP contribution is 2.61. The fourth-order valence-corrected chi connectivity index (χ4v) is 7.07. The van der Waals surface area contributed by atoms with Crippen molar-refractivity contribution in [3.63, 3.8) is 0 Å².